The van der Waals surface area contributed by atoms with Crippen LogP contribution in [0.5, 0.6) is 0 Å². The highest BCUT2D eigenvalue weighted by atomic mass is 19.4. The minimum Gasteiger partial charge on any atom is -0.481 e. The molecule has 1 amide bonds. The van der Waals surface area contributed by atoms with E-state index in [0.29, 0.717) is 0 Å². The lowest BCUT2D eigenvalue weighted by Crippen LogP contribution is -2.32. The Balaban J connectivity index is 2.62. The fourth-order valence-electron chi connectivity index (χ4n) is 1.53. The number of carbonyl (C=O) groups is 2. The molecule has 0 aromatic heterocycles. The predicted molar refractivity (Wildman–Crippen MR) is 65.2 cm³/mol. The predicted octanol–water partition coefficient (Wildman–Crippen LogP) is 2.69. The third-order valence-corrected chi connectivity index (χ3v) is 2.64. The Morgan fingerprint density at radius 3 is 2.25 bits per heavy atom. The van der Waals surface area contributed by atoms with Gasteiger partial charge in [0.25, 0.3) is 5.91 Å². The van der Waals surface area contributed by atoms with E-state index in [1.54, 1.807) is 6.92 Å². The molecule has 0 saturated carbocycles. The van der Waals surface area contributed by atoms with E-state index < -0.39 is 23.6 Å². The number of hydrogen-bond donors (Lipinski definition) is 2. The number of amides is 1. The summed E-state index contributed by atoms with van der Waals surface area (Å²) in [6.45, 7) is 1.63. The summed E-state index contributed by atoms with van der Waals surface area (Å²) in [5, 5.41) is 11.0. The maximum atomic E-state index is 12.4. The number of benzene rings is 1. The summed E-state index contributed by atoms with van der Waals surface area (Å²) >= 11 is 0. The Hall–Kier alpha value is -2.05. The maximum absolute atomic E-state index is 12.4. The molecule has 0 aliphatic carbocycles. The van der Waals surface area contributed by atoms with Crippen molar-refractivity contribution in [2.24, 2.45) is 0 Å². The van der Waals surface area contributed by atoms with Crippen molar-refractivity contribution in [3.8, 4) is 0 Å². The van der Waals surface area contributed by atoms with Crippen molar-refractivity contribution >= 4 is 11.9 Å². The summed E-state index contributed by atoms with van der Waals surface area (Å²) in [4.78, 5) is 22.1. The van der Waals surface area contributed by atoms with Crippen LogP contribution in [0.2, 0.25) is 0 Å². The van der Waals surface area contributed by atoms with Gasteiger partial charge in [-0.25, -0.2) is 0 Å². The van der Waals surface area contributed by atoms with Crippen molar-refractivity contribution < 1.29 is 27.9 Å². The van der Waals surface area contributed by atoms with Gasteiger partial charge in [-0.2, -0.15) is 13.2 Å². The number of carbonyl (C=O) groups excluding carboxylic acids is 1. The zero-order valence-electron chi connectivity index (χ0n) is 10.7. The molecule has 0 bridgehead atoms. The summed E-state index contributed by atoms with van der Waals surface area (Å²) in [6, 6.07) is 3.46. The van der Waals surface area contributed by atoms with Crippen molar-refractivity contribution in [3.05, 3.63) is 35.4 Å². The fourth-order valence-corrected chi connectivity index (χ4v) is 1.53. The zero-order valence-corrected chi connectivity index (χ0v) is 10.7. The first-order valence-corrected chi connectivity index (χ1v) is 5.90. The van der Waals surface area contributed by atoms with Gasteiger partial charge in [0.15, 0.2) is 0 Å². The van der Waals surface area contributed by atoms with Gasteiger partial charge in [0, 0.05) is 18.0 Å². The first kappa shape index (κ1) is 16.0. The fraction of sp³-hybridized carbons (Fsp3) is 0.385. The van der Waals surface area contributed by atoms with Crippen LogP contribution in [0.25, 0.3) is 0 Å². The number of nitrogens with one attached hydrogen (secondary N) is 1. The lowest BCUT2D eigenvalue weighted by atomic mass is 10.1. The summed E-state index contributed by atoms with van der Waals surface area (Å²) in [6.07, 6.45) is -4.28. The van der Waals surface area contributed by atoms with E-state index in [4.69, 9.17) is 5.11 Å². The van der Waals surface area contributed by atoms with E-state index in [0.717, 1.165) is 24.3 Å². The van der Waals surface area contributed by atoms with Gasteiger partial charge in [-0.15, -0.1) is 0 Å². The van der Waals surface area contributed by atoms with Crippen LogP contribution in [-0.4, -0.2) is 23.0 Å². The van der Waals surface area contributed by atoms with Crippen molar-refractivity contribution in [1.29, 1.82) is 0 Å². The Bertz CT molecular complexity index is 483. The summed E-state index contributed by atoms with van der Waals surface area (Å²) in [5.41, 5.74) is -0.729. The van der Waals surface area contributed by atoms with E-state index in [1.807, 2.05) is 0 Å². The van der Waals surface area contributed by atoms with Crippen molar-refractivity contribution in [1.82, 2.24) is 5.32 Å². The monoisotopic (exact) mass is 289 g/mol. The van der Waals surface area contributed by atoms with E-state index in [-0.39, 0.29) is 24.4 Å². The lowest BCUT2D eigenvalue weighted by molar-refractivity contribution is -0.138. The number of alkyl halides is 3. The van der Waals surface area contributed by atoms with Crippen LogP contribution >= 0.6 is 0 Å². The molecule has 0 heterocycles. The van der Waals surface area contributed by atoms with Crippen LogP contribution in [0.15, 0.2) is 24.3 Å². The van der Waals surface area contributed by atoms with Crippen LogP contribution in [0, 0.1) is 0 Å². The highest BCUT2D eigenvalue weighted by molar-refractivity contribution is 5.94. The Kier molecular flexibility index (Phi) is 5.12. The van der Waals surface area contributed by atoms with Gasteiger partial charge in [0.2, 0.25) is 0 Å². The maximum Gasteiger partial charge on any atom is 0.416 e. The molecule has 2 N–H and O–H groups in total. The van der Waals surface area contributed by atoms with Crippen LogP contribution in [0.3, 0.4) is 0 Å². The molecule has 0 spiro atoms. The Morgan fingerprint density at radius 2 is 1.80 bits per heavy atom. The molecule has 1 aromatic carbocycles. The molecule has 1 atom stereocenters. The Labute approximate surface area is 113 Å². The number of hydrogen-bond acceptors (Lipinski definition) is 2. The smallest absolute Gasteiger partial charge is 0.416 e. The van der Waals surface area contributed by atoms with E-state index in [1.165, 1.54) is 0 Å². The molecule has 20 heavy (non-hydrogen) atoms. The van der Waals surface area contributed by atoms with Gasteiger partial charge in [-0.05, 0) is 37.6 Å². The zero-order chi connectivity index (χ0) is 15.3. The summed E-state index contributed by atoms with van der Waals surface area (Å²) in [7, 11) is 0. The van der Waals surface area contributed by atoms with Crippen molar-refractivity contribution in [2.75, 3.05) is 0 Å². The van der Waals surface area contributed by atoms with Crippen molar-refractivity contribution in [2.45, 2.75) is 32.0 Å². The number of carboxylic acids is 1. The molecule has 0 radical (unpaired) electrons. The van der Waals surface area contributed by atoms with Crippen LogP contribution in [0.1, 0.15) is 35.7 Å². The number of aliphatic carboxylic acids is 1. The van der Waals surface area contributed by atoms with Gasteiger partial charge in [-0.1, -0.05) is 0 Å². The normalized spacial score (nSPS) is 12.8. The molecule has 0 saturated heterocycles. The molecular formula is C13H14F3NO3. The quantitative estimate of drug-likeness (QED) is 0.875. The van der Waals surface area contributed by atoms with Gasteiger partial charge < -0.3 is 10.4 Å². The highest BCUT2D eigenvalue weighted by Crippen LogP contribution is 2.29. The number of halogens is 3. The van der Waals surface area contributed by atoms with Gasteiger partial charge in [-0.3, -0.25) is 9.59 Å². The first-order chi connectivity index (χ1) is 9.20. The molecular weight excluding hydrogens is 275 g/mol. The number of carboxylic acid groups (broad SMARTS) is 1. The second kappa shape index (κ2) is 6.40. The summed E-state index contributed by atoms with van der Waals surface area (Å²) < 4.78 is 37.1. The topological polar surface area (TPSA) is 66.4 Å². The van der Waals surface area contributed by atoms with Crippen molar-refractivity contribution in [3.63, 3.8) is 0 Å². The average molecular weight is 289 g/mol. The van der Waals surface area contributed by atoms with Gasteiger partial charge in [0.1, 0.15) is 0 Å². The minimum absolute atomic E-state index is 0.0888. The second-order valence-corrected chi connectivity index (χ2v) is 4.38. The summed E-state index contributed by atoms with van der Waals surface area (Å²) in [5.74, 6) is -1.50. The molecule has 0 fully saturated rings. The van der Waals surface area contributed by atoms with Gasteiger partial charge >= 0.3 is 12.1 Å². The molecule has 0 aliphatic heterocycles. The van der Waals surface area contributed by atoms with Crippen LogP contribution in [-0.2, 0) is 11.0 Å². The molecule has 0 aliphatic rings. The van der Waals surface area contributed by atoms with Gasteiger partial charge in [0.05, 0.1) is 5.56 Å². The largest absolute Gasteiger partial charge is 0.481 e. The molecule has 1 aromatic rings. The van der Waals surface area contributed by atoms with E-state index >= 15 is 0 Å². The first-order valence-electron chi connectivity index (χ1n) is 5.90. The molecule has 1 rings (SSSR count). The van der Waals surface area contributed by atoms with Crippen LogP contribution in [0.4, 0.5) is 13.2 Å². The van der Waals surface area contributed by atoms with E-state index in [2.05, 4.69) is 5.32 Å². The minimum atomic E-state index is -4.44. The molecule has 1 unspecified atom stereocenters. The lowest BCUT2D eigenvalue weighted by Gasteiger charge is -2.13. The standard InChI is InChI=1S/C13H14F3NO3/c1-8(2-7-11(18)19)17-12(20)9-3-5-10(6-4-9)13(14,15)16/h3-6,8H,2,7H2,1H3,(H,17,20)(H,18,19). The number of rotatable bonds is 5. The third-order valence-electron chi connectivity index (χ3n) is 2.64. The SMILES string of the molecule is CC(CCC(=O)O)NC(=O)c1ccc(C(F)(F)F)cc1. The Morgan fingerprint density at radius 1 is 1.25 bits per heavy atom. The third kappa shape index (κ3) is 4.91. The van der Waals surface area contributed by atoms with E-state index in [9.17, 15) is 22.8 Å². The average Bonchev–Trinajstić information content (AvgIpc) is 2.35. The highest BCUT2D eigenvalue weighted by Gasteiger charge is 2.30. The second-order valence-electron chi connectivity index (χ2n) is 4.38. The molecule has 110 valence electrons. The molecule has 4 nitrogen and oxygen atoms in total. The molecule has 7 heteroatoms. The van der Waals surface area contributed by atoms with Crippen LogP contribution < -0.4 is 5.32 Å².